The van der Waals surface area contributed by atoms with Gasteiger partial charge in [0.05, 0.1) is 23.1 Å². The van der Waals surface area contributed by atoms with Gasteiger partial charge in [0.2, 0.25) is 5.91 Å². The van der Waals surface area contributed by atoms with Gasteiger partial charge in [0.25, 0.3) is 0 Å². The molecule has 1 aromatic carbocycles. The molecule has 0 aliphatic carbocycles. The summed E-state index contributed by atoms with van der Waals surface area (Å²) in [4.78, 5) is 13.1. The van der Waals surface area contributed by atoms with E-state index in [1.165, 1.54) is 4.90 Å². The van der Waals surface area contributed by atoms with E-state index in [1.54, 1.807) is 25.2 Å². The minimum absolute atomic E-state index is 0.0501. The van der Waals surface area contributed by atoms with Crippen LogP contribution < -0.4 is 0 Å². The van der Waals surface area contributed by atoms with Gasteiger partial charge in [0.15, 0.2) is 0 Å². The fourth-order valence-electron chi connectivity index (χ4n) is 1.26. The van der Waals surface area contributed by atoms with Crippen molar-refractivity contribution in [3.8, 4) is 0 Å². The van der Waals surface area contributed by atoms with Crippen LogP contribution >= 0.6 is 23.2 Å². The topological polar surface area (TPSA) is 40.5 Å². The monoisotopic (exact) mass is 261 g/mol. The Morgan fingerprint density at radius 2 is 2.12 bits per heavy atom. The summed E-state index contributed by atoms with van der Waals surface area (Å²) >= 11 is 11.8. The van der Waals surface area contributed by atoms with Crippen LogP contribution in [0.3, 0.4) is 0 Å². The van der Waals surface area contributed by atoms with Crippen molar-refractivity contribution in [2.75, 3.05) is 20.2 Å². The lowest BCUT2D eigenvalue weighted by Gasteiger charge is -2.16. The van der Waals surface area contributed by atoms with Crippen LogP contribution in [0.25, 0.3) is 0 Å². The summed E-state index contributed by atoms with van der Waals surface area (Å²) in [5.41, 5.74) is 0.698. The molecule has 88 valence electrons. The lowest BCUT2D eigenvalue weighted by Crippen LogP contribution is -2.30. The van der Waals surface area contributed by atoms with Gasteiger partial charge < -0.3 is 10.0 Å². The Morgan fingerprint density at radius 1 is 1.44 bits per heavy atom. The molecule has 0 aromatic heterocycles. The summed E-state index contributed by atoms with van der Waals surface area (Å²) in [6.07, 6.45) is 0.190. The number of likely N-dealkylation sites (N-methyl/N-ethyl adjacent to an activating group) is 1. The Hall–Kier alpha value is -0.770. The number of rotatable bonds is 4. The number of amides is 1. The predicted molar refractivity (Wildman–Crippen MR) is 64.9 cm³/mol. The van der Waals surface area contributed by atoms with Gasteiger partial charge in [-0.05, 0) is 11.6 Å². The zero-order valence-corrected chi connectivity index (χ0v) is 10.4. The normalized spacial score (nSPS) is 10.2. The third kappa shape index (κ3) is 3.37. The van der Waals surface area contributed by atoms with Gasteiger partial charge in [0.1, 0.15) is 0 Å². The summed E-state index contributed by atoms with van der Waals surface area (Å²) in [5, 5.41) is 9.56. The van der Waals surface area contributed by atoms with E-state index in [0.29, 0.717) is 22.2 Å². The second kappa shape index (κ2) is 6.09. The van der Waals surface area contributed by atoms with Crippen molar-refractivity contribution in [1.29, 1.82) is 0 Å². The van der Waals surface area contributed by atoms with Crippen LogP contribution in [0.2, 0.25) is 10.0 Å². The summed E-state index contributed by atoms with van der Waals surface area (Å²) < 4.78 is 0. The number of carbonyl (C=O) groups is 1. The van der Waals surface area contributed by atoms with Crippen LogP contribution in [-0.2, 0) is 11.2 Å². The molecule has 0 saturated carbocycles. The molecule has 5 heteroatoms. The van der Waals surface area contributed by atoms with E-state index in [2.05, 4.69) is 0 Å². The quantitative estimate of drug-likeness (QED) is 0.901. The molecule has 1 N–H and O–H groups in total. The number of carbonyl (C=O) groups excluding carboxylic acids is 1. The Bertz CT molecular complexity index is 382. The van der Waals surface area contributed by atoms with E-state index in [4.69, 9.17) is 28.3 Å². The molecule has 0 unspecified atom stereocenters. The Balaban J connectivity index is 2.73. The Kier molecular flexibility index (Phi) is 5.06. The van der Waals surface area contributed by atoms with Crippen LogP contribution in [-0.4, -0.2) is 36.1 Å². The summed E-state index contributed by atoms with van der Waals surface area (Å²) in [7, 11) is 1.64. The van der Waals surface area contributed by atoms with Crippen LogP contribution in [0.1, 0.15) is 5.56 Å². The fourth-order valence-corrected chi connectivity index (χ4v) is 1.64. The van der Waals surface area contributed by atoms with E-state index >= 15 is 0 Å². The second-order valence-corrected chi connectivity index (χ2v) is 4.21. The Morgan fingerprint density at radius 3 is 2.75 bits per heavy atom. The molecular formula is C11H13Cl2NO2. The van der Waals surface area contributed by atoms with Gasteiger partial charge in [0, 0.05) is 13.6 Å². The largest absolute Gasteiger partial charge is 0.395 e. The molecule has 3 nitrogen and oxygen atoms in total. The summed E-state index contributed by atoms with van der Waals surface area (Å²) in [6.45, 7) is 0.266. The first kappa shape index (κ1) is 13.3. The van der Waals surface area contributed by atoms with E-state index in [1.807, 2.05) is 0 Å². The standard InChI is InChI=1S/C11H13Cl2NO2/c1-14(5-6-15)10(16)7-8-3-2-4-9(12)11(8)13/h2-4,15H,5-7H2,1H3. The molecule has 1 amide bonds. The lowest BCUT2D eigenvalue weighted by atomic mass is 10.1. The van der Waals surface area contributed by atoms with Crippen molar-refractivity contribution in [3.63, 3.8) is 0 Å². The zero-order chi connectivity index (χ0) is 12.1. The van der Waals surface area contributed by atoms with Gasteiger partial charge in [-0.3, -0.25) is 4.79 Å². The molecule has 0 spiro atoms. The third-order valence-electron chi connectivity index (χ3n) is 2.23. The first-order chi connectivity index (χ1) is 7.56. The highest BCUT2D eigenvalue weighted by Crippen LogP contribution is 2.25. The van der Waals surface area contributed by atoms with Gasteiger partial charge >= 0.3 is 0 Å². The van der Waals surface area contributed by atoms with E-state index in [-0.39, 0.29) is 18.9 Å². The highest BCUT2D eigenvalue weighted by Gasteiger charge is 2.12. The number of aliphatic hydroxyl groups is 1. The van der Waals surface area contributed by atoms with Crippen molar-refractivity contribution in [2.24, 2.45) is 0 Å². The average Bonchev–Trinajstić information content (AvgIpc) is 2.25. The fraction of sp³-hybridized carbons (Fsp3) is 0.364. The summed E-state index contributed by atoms with van der Waals surface area (Å²) in [5.74, 6) is -0.0989. The first-order valence-electron chi connectivity index (χ1n) is 4.84. The third-order valence-corrected chi connectivity index (χ3v) is 3.09. The molecular weight excluding hydrogens is 249 g/mol. The predicted octanol–water partition coefficient (Wildman–Crippen LogP) is 1.99. The SMILES string of the molecule is CN(CCO)C(=O)Cc1cccc(Cl)c1Cl. The van der Waals surface area contributed by atoms with E-state index in [0.717, 1.165) is 0 Å². The van der Waals surface area contributed by atoms with Crippen LogP contribution in [0.15, 0.2) is 18.2 Å². The Labute approximate surface area is 105 Å². The minimum Gasteiger partial charge on any atom is -0.395 e. The molecule has 0 fully saturated rings. The molecule has 0 heterocycles. The number of nitrogens with zero attached hydrogens (tertiary/aromatic N) is 1. The molecule has 0 aliphatic rings. The maximum atomic E-state index is 11.7. The molecule has 0 bridgehead atoms. The number of hydrogen-bond acceptors (Lipinski definition) is 2. The maximum Gasteiger partial charge on any atom is 0.226 e. The molecule has 0 radical (unpaired) electrons. The smallest absolute Gasteiger partial charge is 0.226 e. The molecule has 1 rings (SSSR count). The highest BCUT2D eigenvalue weighted by atomic mass is 35.5. The maximum absolute atomic E-state index is 11.7. The van der Waals surface area contributed by atoms with Crippen LogP contribution in [0, 0.1) is 0 Å². The molecule has 1 aromatic rings. The molecule has 0 atom stereocenters. The van der Waals surface area contributed by atoms with Crippen LogP contribution in [0.5, 0.6) is 0 Å². The lowest BCUT2D eigenvalue weighted by molar-refractivity contribution is -0.129. The van der Waals surface area contributed by atoms with Crippen LogP contribution in [0.4, 0.5) is 0 Å². The molecule has 0 saturated heterocycles. The van der Waals surface area contributed by atoms with Crippen molar-refractivity contribution in [2.45, 2.75) is 6.42 Å². The van der Waals surface area contributed by atoms with Crippen molar-refractivity contribution in [1.82, 2.24) is 4.90 Å². The second-order valence-electron chi connectivity index (χ2n) is 3.43. The highest BCUT2D eigenvalue weighted by molar-refractivity contribution is 6.42. The van der Waals surface area contributed by atoms with Gasteiger partial charge in [-0.2, -0.15) is 0 Å². The van der Waals surface area contributed by atoms with Gasteiger partial charge in [-0.15, -0.1) is 0 Å². The van der Waals surface area contributed by atoms with Gasteiger partial charge in [-0.25, -0.2) is 0 Å². The number of aliphatic hydroxyl groups excluding tert-OH is 1. The number of benzene rings is 1. The average molecular weight is 262 g/mol. The van der Waals surface area contributed by atoms with E-state index < -0.39 is 0 Å². The molecule has 0 aliphatic heterocycles. The zero-order valence-electron chi connectivity index (χ0n) is 8.91. The summed E-state index contributed by atoms with van der Waals surface area (Å²) in [6, 6.07) is 5.19. The van der Waals surface area contributed by atoms with Gasteiger partial charge in [-0.1, -0.05) is 35.3 Å². The number of hydrogen-bond donors (Lipinski definition) is 1. The van der Waals surface area contributed by atoms with Crippen molar-refractivity contribution < 1.29 is 9.90 Å². The van der Waals surface area contributed by atoms with Crippen molar-refractivity contribution in [3.05, 3.63) is 33.8 Å². The van der Waals surface area contributed by atoms with E-state index in [9.17, 15) is 4.79 Å². The van der Waals surface area contributed by atoms with Crippen molar-refractivity contribution >= 4 is 29.1 Å². The minimum atomic E-state index is -0.0989. The number of halogens is 2. The first-order valence-corrected chi connectivity index (χ1v) is 5.59. The molecule has 16 heavy (non-hydrogen) atoms.